The van der Waals surface area contributed by atoms with E-state index in [9.17, 15) is 8.78 Å². The fourth-order valence-corrected chi connectivity index (χ4v) is 3.19. The number of nitrogens with two attached hydrogens (primary N) is 1. The predicted octanol–water partition coefficient (Wildman–Crippen LogP) is 3.84. The van der Waals surface area contributed by atoms with Gasteiger partial charge in [-0.3, -0.25) is 5.10 Å². The van der Waals surface area contributed by atoms with E-state index in [-0.39, 0.29) is 5.82 Å². The highest BCUT2D eigenvalue weighted by molar-refractivity contribution is 5.77. The van der Waals surface area contributed by atoms with Crippen LogP contribution < -0.4 is 5.73 Å². The minimum atomic E-state index is -0.606. The third kappa shape index (κ3) is 2.07. The number of hydrogen-bond donors (Lipinski definition) is 2. The predicted molar refractivity (Wildman–Crippen MR) is 74.1 cm³/mol. The molecule has 0 amide bonds. The molecule has 1 aromatic carbocycles. The average molecular weight is 277 g/mol. The van der Waals surface area contributed by atoms with Crippen LogP contribution in [0, 0.1) is 17.6 Å². The van der Waals surface area contributed by atoms with Gasteiger partial charge in [-0.1, -0.05) is 19.8 Å². The number of anilines is 1. The van der Waals surface area contributed by atoms with E-state index in [1.54, 1.807) is 0 Å². The Morgan fingerprint density at radius 3 is 2.75 bits per heavy atom. The van der Waals surface area contributed by atoms with Crippen molar-refractivity contribution in [1.29, 1.82) is 0 Å². The molecule has 1 aromatic heterocycles. The Morgan fingerprint density at radius 2 is 2.10 bits per heavy atom. The summed E-state index contributed by atoms with van der Waals surface area (Å²) in [6.07, 6.45) is 3.34. The molecule has 1 heterocycles. The summed E-state index contributed by atoms with van der Waals surface area (Å²) in [5, 5.41) is 6.98. The first kappa shape index (κ1) is 13.1. The lowest BCUT2D eigenvalue weighted by molar-refractivity contribution is 0.522. The number of aromatic nitrogens is 2. The first-order valence-electron chi connectivity index (χ1n) is 6.87. The van der Waals surface area contributed by atoms with Gasteiger partial charge in [-0.25, -0.2) is 8.78 Å². The van der Waals surface area contributed by atoms with Crippen molar-refractivity contribution in [2.24, 2.45) is 5.92 Å². The van der Waals surface area contributed by atoms with Gasteiger partial charge in [0.1, 0.15) is 11.6 Å². The highest BCUT2D eigenvalue weighted by Gasteiger charge is 2.30. The van der Waals surface area contributed by atoms with Crippen LogP contribution in [0.4, 0.5) is 14.6 Å². The van der Waals surface area contributed by atoms with Crippen molar-refractivity contribution in [3.8, 4) is 11.1 Å². The molecule has 20 heavy (non-hydrogen) atoms. The van der Waals surface area contributed by atoms with Gasteiger partial charge in [-0.2, -0.15) is 5.10 Å². The Kier molecular flexibility index (Phi) is 3.20. The van der Waals surface area contributed by atoms with Crippen LogP contribution in [0.5, 0.6) is 0 Å². The van der Waals surface area contributed by atoms with E-state index < -0.39 is 11.6 Å². The number of rotatable bonds is 2. The van der Waals surface area contributed by atoms with Crippen molar-refractivity contribution in [3.05, 3.63) is 35.5 Å². The lowest BCUT2D eigenvalue weighted by Gasteiger charge is -2.16. The number of benzene rings is 1. The third-order valence-corrected chi connectivity index (χ3v) is 4.26. The number of nitrogen functional groups attached to an aromatic ring is 1. The summed E-state index contributed by atoms with van der Waals surface area (Å²) >= 11 is 0. The molecule has 0 bridgehead atoms. The molecule has 3 rings (SSSR count). The van der Waals surface area contributed by atoms with Crippen molar-refractivity contribution in [3.63, 3.8) is 0 Å². The van der Waals surface area contributed by atoms with E-state index in [0.717, 1.165) is 31.0 Å². The summed E-state index contributed by atoms with van der Waals surface area (Å²) in [6.45, 7) is 2.18. The van der Waals surface area contributed by atoms with Crippen molar-refractivity contribution < 1.29 is 8.78 Å². The molecule has 1 aliphatic rings. The van der Waals surface area contributed by atoms with E-state index in [0.29, 0.717) is 23.0 Å². The maximum atomic E-state index is 14.0. The Hall–Kier alpha value is -1.91. The summed E-state index contributed by atoms with van der Waals surface area (Å²) in [4.78, 5) is 0. The molecule has 3 nitrogen and oxygen atoms in total. The maximum Gasteiger partial charge on any atom is 0.153 e. The molecule has 2 aromatic rings. The average Bonchev–Trinajstić information content (AvgIpc) is 2.96. The minimum Gasteiger partial charge on any atom is -0.382 e. The van der Waals surface area contributed by atoms with Gasteiger partial charge >= 0.3 is 0 Å². The zero-order chi connectivity index (χ0) is 14.3. The summed E-state index contributed by atoms with van der Waals surface area (Å²) in [5.41, 5.74) is 7.66. The highest BCUT2D eigenvalue weighted by Crippen LogP contribution is 2.44. The molecular formula is C15H17F2N3. The number of nitrogens with zero attached hydrogens (tertiary/aromatic N) is 1. The second-order valence-electron chi connectivity index (χ2n) is 5.54. The Balaban J connectivity index is 2.11. The number of nitrogens with one attached hydrogen (secondary N) is 1. The smallest absolute Gasteiger partial charge is 0.153 e. The third-order valence-electron chi connectivity index (χ3n) is 4.26. The number of hydrogen-bond acceptors (Lipinski definition) is 2. The Labute approximate surface area is 116 Å². The molecule has 106 valence electrons. The van der Waals surface area contributed by atoms with Crippen LogP contribution in [0.1, 0.15) is 37.8 Å². The van der Waals surface area contributed by atoms with Crippen molar-refractivity contribution in [1.82, 2.24) is 10.2 Å². The maximum absolute atomic E-state index is 14.0. The fourth-order valence-electron chi connectivity index (χ4n) is 3.19. The van der Waals surface area contributed by atoms with Gasteiger partial charge < -0.3 is 5.73 Å². The lowest BCUT2D eigenvalue weighted by atomic mass is 9.90. The first-order chi connectivity index (χ1) is 9.58. The van der Waals surface area contributed by atoms with E-state index in [1.165, 1.54) is 12.1 Å². The topological polar surface area (TPSA) is 54.7 Å². The monoisotopic (exact) mass is 277 g/mol. The summed E-state index contributed by atoms with van der Waals surface area (Å²) in [7, 11) is 0. The number of aromatic amines is 1. The quantitative estimate of drug-likeness (QED) is 0.876. The second kappa shape index (κ2) is 4.89. The standard InChI is InChI=1S/C15H17F2N3/c1-8-3-2-4-10(8)14-13(15(18)20-19-14)11-6-5-9(16)7-12(11)17/h5-8,10H,2-4H2,1H3,(H3,18,19,20). The van der Waals surface area contributed by atoms with Crippen LogP contribution in [-0.4, -0.2) is 10.2 Å². The van der Waals surface area contributed by atoms with Gasteiger partial charge in [-0.05, 0) is 24.5 Å². The molecule has 0 spiro atoms. The van der Waals surface area contributed by atoms with E-state index >= 15 is 0 Å². The Morgan fingerprint density at radius 1 is 1.30 bits per heavy atom. The van der Waals surface area contributed by atoms with Gasteiger partial charge in [0.05, 0.1) is 0 Å². The fraction of sp³-hybridized carbons (Fsp3) is 0.400. The minimum absolute atomic E-state index is 0.268. The zero-order valence-corrected chi connectivity index (χ0v) is 11.3. The normalized spacial score (nSPS) is 22.4. The van der Waals surface area contributed by atoms with Crippen LogP contribution in [0.25, 0.3) is 11.1 Å². The van der Waals surface area contributed by atoms with Crippen LogP contribution >= 0.6 is 0 Å². The Bertz CT molecular complexity index is 636. The largest absolute Gasteiger partial charge is 0.382 e. The SMILES string of the molecule is CC1CCCC1c1[nH]nc(N)c1-c1ccc(F)cc1F. The molecule has 3 N–H and O–H groups in total. The molecule has 1 fully saturated rings. The van der Waals surface area contributed by atoms with Gasteiger partial charge in [0.2, 0.25) is 0 Å². The molecule has 1 aliphatic carbocycles. The molecular weight excluding hydrogens is 260 g/mol. The van der Waals surface area contributed by atoms with Crippen molar-refractivity contribution in [2.75, 3.05) is 5.73 Å². The van der Waals surface area contributed by atoms with Gasteiger partial charge in [0, 0.05) is 28.8 Å². The summed E-state index contributed by atoms with van der Waals surface area (Å²) < 4.78 is 27.1. The van der Waals surface area contributed by atoms with Crippen LogP contribution in [-0.2, 0) is 0 Å². The molecule has 1 saturated carbocycles. The van der Waals surface area contributed by atoms with Crippen molar-refractivity contribution >= 4 is 5.82 Å². The number of H-pyrrole nitrogens is 1. The number of halogens is 2. The first-order valence-corrected chi connectivity index (χ1v) is 6.87. The molecule has 5 heteroatoms. The van der Waals surface area contributed by atoms with E-state index in [2.05, 4.69) is 17.1 Å². The summed E-state index contributed by atoms with van der Waals surface area (Å²) in [5.74, 6) is -0.116. The summed E-state index contributed by atoms with van der Waals surface area (Å²) in [6, 6.07) is 3.55. The van der Waals surface area contributed by atoms with Crippen LogP contribution in [0.3, 0.4) is 0 Å². The lowest BCUT2D eigenvalue weighted by Crippen LogP contribution is -2.05. The van der Waals surface area contributed by atoms with E-state index in [4.69, 9.17) is 5.73 Å². The zero-order valence-electron chi connectivity index (χ0n) is 11.3. The molecule has 0 aliphatic heterocycles. The van der Waals surface area contributed by atoms with Gasteiger partial charge in [0.15, 0.2) is 5.82 Å². The molecule has 2 atom stereocenters. The van der Waals surface area contributed by atoms with Gasteiger partial charge in [0.25, 0.3) is 0 Å². The van der Waals surface area contributed by atoms with Crippen LogP contribution in [0.2, 0.25) is 0 Å². The van der Waals surface area contributed by atoms with Crippen LogP contribution in [0.15, 0.2) is 18.2 Å². The van der Waals surface area contributed by atoms with Crippen molar-refractivity contribution in [2.45, 2.75) is 32.1 Å². The second-order valence-corrected chi connectivity index (χ2v) is 5.54. The molecule has 2 unspecified atom stereocenters. The molecule has 0 saturated heterocycles. The highest BCUT2D eigenvalue weighted by atomic mass is 19.1. The van der Waals surface area contributed by atoms with E-state index in [1.807, 2.05) is 0 Å². The molecule has 0 radical (unpaired) electrons. The van der Waals surface area contributed by atoms with Gasteiger partial charge in [-0.15, -0.1) is 0 Å².